The first-order valence-corrected chi connectivity index (χ1v) is 8.99. The number of rotatable bonds is 5. The smallest absolute Gasteiger partial charge is 0.314 e. The van der Waals surface area contributed by atoms with Gasteiger partial charge >= 0.3 is 5.69 Å². The van der Waals surface area contributed by atoms with E-state index < -0.39 is 13.0 Å². The summed E-state index contributed by atoms with van der Waals surface area (Å²) in [7, 11) is 0.0782. The molecule has 94 valence electrons. The molecule has 0 bridgehead atoms. The number of hydrogen-bond acceptors (Lipinski definition) is 4. The molecule has 0 spiro atoms. The van der Waals surface area contributed by atoms with Crippen LogP contribution in [0.25, 0.3) is 0 Å². The van der Waals surface area contributed by atoms with Crippen molar-refractivity contribution in [3.05, 3.63) is 28.3 Å². The van der Waals surface area contributed by atoms with E-state index in [1.54, 1.807) is 12.1 Å². The first-order chi connectivity index (χ1) is 7.83. The van der Waals surface area contributed by atoms with E-state index in [4.69, 9.17) is 9.47 Å². The molecule has 0 amide bonds. The molecule has 6 heteroatoms. The maximum atomic E-state index is 10.9. The SMILES string of the molecule is COc1ccc(OC[Si](C)(C)C)c([N+](=O)[O-])c1. The molecule has 1 rings (SSSR count). The normalized spacial score (nSPS) is 11.1. The van der Waals surface area contributed by atoms with E-state index in [1.807, 2.05) is 0 Å². The lowest BCUT2D eigenvalue weighted by atomic mass is 10.3. The van der Waals surface area contributed by atoms with E-state index in [1.165, 1.54) is 13.2 Å². The first kappa shape index (κ1) is 13.5. The number of hydrogen-bond donors (Lipinski definition) is 0. The highest BCUT2D eigenvalue weighted by molar-refractivity contribution is 6.76. The summed E-state index contributed by atoms with van der Waals surface area (Å²) in [6.07, 6.45) is 0.556. The van der Waals surface area contributed by atoms with Crippen LogP contribution in [0.1, 0.15) is 0 Å². The van der Waals surface area contributed by atoms with E-state index in [0.29, 0.717) is 17.7 Å². The molecule has 0 atom stereocenters. The minimum atomic E-state index is -1.40. The Morgan fingerprint density at radius 2 is 2.00 bits per heavy atom. The monoisotopic (exact) mass is 255 g/mol. The summed E-state index contributed by atoms with van der Waals surface area (Å²) in [5.74, 6) is 0.760. The topological polar surface area (TPSA) is 61.6 Å². The van der Waals surface area contributed by atoms with Crippen LogP contribution in [0, 0.1) is 10.1 Å². The zero-order valence-electron chi connectivity index (χ0n) is 10.5. The third-order valence-electron chi connectivity index (χ3n) is 2.02. The van der Waals surface area contributed by atoms with Gasteiger partial charge in [-0.3, -0.25) is 10.1 Å². The van der Waals surface area contributed by atoms with Gasteiger partial charge in [-0.25, -0.2) is 0 Å². The van der Waals surface area contributed by atoms with Crippen LogP contribution in [0.4, 0.5) is 5.69 Å². The summed E-state index contributed by atoms with van der Waals surface area (Å²) < 4.78 is 10.5. The highest BCUT2D eigenvalue weighted by Crippen LogP contribution is 2.31. The second-order valence-corrected chi connectivity index (χ2v) is 10.4. The lowest BCUT2D eigenvalue weighted by Crippen LogP contribution is -2.30. The van der Waals surface area contributed by atoms with Crippen molar-refractivity contribution in [3.8, 4) is 11.5 Å². The average molecular weight is 255 g/mol. The fourth-order valence-electron chi connectivity index (χ4n) is 1.18. The molecule has 0 N–H and O–H groups in total. The van der Waals surface area contributed by atoms with Crippen LogP contribution in [0.5, 0.6) is 11.5 Å². The van der Waals surface area contributed by atoms with E-state index in [9.17, 15) is 10.1 Å². The molecule has 0 unspecified atom stereocenters. The zero-order chi connectivity index (χ0) is 13.1. The highest BCUT2D eigenvalue weighted by Gasteiger charge is 2.20. The molecule has 0 aliphatic rings. The molecule has 0 aliphatic carbocycles. The van der Waals surface area contributed by atoms with Gasteiger partial charge in [0.15, 0.2) is 5.75 Å². The molecule has 0 heterocycles. The Morgan fingerprint density at radius 3 is 2.47 bits per heavy atom. The third-order valence-corrected chi connectivity index (χ3v) is 3.03. The van der Waals surface area contributed by atoms with Crippen LogP contribution in [0.2, 0.25) is 19.6 Å². The fourth-order valence-corrected chi connectivity index (χ4v) is 1.77. The molecule has 5 nitrogen and oxygen atoms in total. The molecule has 0 fully saturated rings. The van der Waals surface area contributed by atoms with Gasteiger partial charge in [0, 0.05) is 0 Å². The average Bonchev–Trinajstić information content (AvgIpc) is 2.25. The quantitative estimate of drug-likeness (QED) is 0.461. The van der Waals surface area contributed by atoms with Crippen molar-refractivity contribution in [2.45, 2.75) is 19.6 Å². The first-order valence-electron chi connectivity index (χ1n) is 5.29. The van der Waals surface area contributed by atoms with E-state index >= 15 is 0 Å². The van der Waals surface area contributed by atoms with Crippen molar-refractivity contribution in [2.24, 2.45) is 0 Å². The Bertz CT molecular complexity index is 414. The number of nitro benzene ring substituents is 1. The van der Waals surface area contributed by atoms with Crippen molar-refractivity contribution < 1.29 is 14.4 Å². The second kappa shape index (κ2) is 5.18. The van der Waals surface area contributed by atoms with E-state index in [0.717, 1.165) is 0 Å². The maximum Gasteiger partial charge on any atom is 0.314 e. The third kappa shape index (κ3) is 4.07. The Kier molecular flexibility index (Phi) is 4.11. The van der Waals surface area contributed by atoms with Crippen LogP contribution in [-0.4, -0.2) is 26.3 Å². The van der Waals surface area contributed by atoms with Crippen LogP contribution < -0.4 is 9.47 Å². The predicted octanol–water partition coefficient (Wildman–Crippen LogP) is 2.86. The second-order valence-electron chi connectivity index (χ2n) is 4.94. The summed E-state index contributed by atoms with van der Waals surface area (Å²) in [6.45, 7) is 6.42. The lowest BCUT2D eigenvalue weighted by Gasteiger charge is -2.16. The van der Waals surface area contributed by atoms with Gasteiger partial charge in [-0.15, -0.1) is 0 Å². The highest BCUT2D eigenvalue weighted by atomic mass is 28.3. The van der Waals surface area contributed by atoms with Crippen molar-refractivity contribution >= 4 is 13.8 Å². The van der Waals surface area contributed by atoms with E-state index in [-0.39, 0.29) is 5.69 Å². The Balaban J connectivity index is 2.95. The van der Waals surface area contributed by atoms with E-state index in [2.05, 4.69) is 19.6 Å². The number of nitro groups is 1. The van der Waals surface area contributed by atoms with Gasteiger partial charge in [0.1, 0.15) is 5.75 Å². The van der Waals surface area contributed by atoms with Gasteiger partial charge in [0.25, 0.3) is 0 Å². The predicted molar refractivity (Wildman–Crippen MR) is 68.5 cm³/mol. The van der Waals surface area contributed by atoms with Crippen LogP contribution in [0.15, 0.2) is 18.2 Å². The molecule has 0 saturated carbocycles. The summed E-state index contributed by atoms with van der Waals surface area (Å²) in [5, 5.41) is 10.9. The summed E-state index contributed by atoms with van der Waals surface area (Å²) in [4.78, 5) is 10.4. The summed E-state index contributed by atoms with van der Waals surface area (Å²) >= 11 is 0. The van der Waals surface area contributed by atoms with Gasteiger partial charge < -0.3 is 9.47 Å². The number of nitrogens with zero attached hydrogens (tertiary/aromatic N) is 1. The van der Waals surface area contributed by atoms with Crippen molar-refractivity contribution in [1.82, 2.24) is 0 Å². The largest absolute Gasteiger partial charge is 0.496 e. The molecule has 17 heavy (non-hydrogen) atoms. The standard InChI is InChI=1S/C11H17NO4Si/c1-15-9-5-6-11(10(7-9)12(13)14)16-8-17(2,3)4/h5-7H,8H2,1-4H3. The van der Waals surface area contributed by atoms with Gasteiger partial charge in [-0.1, -0.05) is 19.6 Å². The minimum absolute atomic E-state index is 0.0531. The van der Waals surface area contributed by atoms with Gasteiger partial charge in [-0.05, 0) is 12.1 Å². The van der Waals surface area contributed by atoms with Crippen molar-refractivity contribution in [3.63, 3.8) is 0 Å². The van der Waals surface area contributed by atoms with Crippen LogP contribution in [0.3, 0.4) is 0 Å². The maximum absolute atomic E-state index is 10.9. The molecule has 1 aromatic carbocycles. The molecule has 0 aliphatic heterocycles. The Hall–Kier alpha value is -1.56. The molecular weight excluding hydrogens is 238 g/mol. The molecule has 0 aromatic heterocycles. The minimum Gasteiger partial charge on any atom is -0.496 e. The zero-order valence-corrected chi connectivity index (χ0v) is 11.5. The van der Waals surface area contributed by atoms with Crippen molar-refractivity contribution in [1.29, 1.82) is 0 Å². The van der Waals surface area contributed by atoms with Gasteiger partial charge in [-0.2, -0.15) is 0 Å². The molecule has 0 saturated heterocycles. The summed E-state index contributed by atoms with van der Waals surface area (Å²) in [5.41, 5.74) is -0.0531. The lowest BCUT2D eigenvalue weighted by molar-refractivity contribution is -0.385. The van der Waals surface area contributed by atoms with Crippen molar-refractivity contribution in [2.75, 3.05) is 13.3 Å². The van der Waals surface area contributed by atoms with Crippen LogP contribution >= 0.6 is 0 Å². The van der Waals surface area contributed by atoms with Gasteiger partial charge in [0.05, 0.1) is 32.4 Å². The van der Waals surface area contributed by atoms with Crippen LogP contribution in [-0.2, 0) is 0 Å². The number of methoxy groups -OCH3 is 1. The molecule has 0 radical (unpaired) electrons. The number of benzene rings is 1. The molecular formula is C11H17NO4Si. The molecule has 1 aromatic rings. The number of ether oxygens (including phenoxy) is 2. The Morgan fingerprint density at radius 1 is 1.35 bits per heavy atom. The fraction of sp³-hybridized carbons (Fsp3) is 0.455. The Labute approximate surface area is 102 Å². The van der Waals surface area contributed by atoms with Gasteiger partial charge in [0.2, 0.25) is 0 Å². The summed E-state index contributed by atoms with van der Waals surface area (Å²) in [6, 6.07) is 4.61.